The predicted octanol–water partition coefficient (Wildman–Crippen LogP) is 2.44. The molecule has 0 unspecified atom stereocenters. The number of nitrogens with zero attached hydrogens (tertiary/aromatic N) is 3. The number of hydrogen-bond donors (Lipinski definition) is 1. The van der Waals surface area contributed by atoms with Crippen LogP contribution in [0.4, 0.5) is 4.79 Å². The topological polar surface area (TPSA) is 70.8 Å². The van der Waals surface area contributed by atoms with Crippen LogP contribution < -0.4 is 10.1 Å². The van der Waals surface area contributed by atoms with E-state index < -0.39 is 0 Å². The zero-order valence-electron chi connectivity index (χ0n) is 15.4. The number of urea groups is 1. The van der Waals surface area contributed by atoms with Crippen molar-refractivity contribution in [2.24, 2.45) is 0 Å². The standard InChI is InChI=1S/C18H26N4O3/c1-13-9-15(20-25-13)12-22(4)18(23)19-11-17(21(2)3)14-7-6-8-16(10-14)24-5/h6-10,17H,11-12H2,1-5H3,(H,19,23)/t17-/m0/s1. The van der Waals surface area contributed by atoms with Crippen molar-refractivity contribution in [2.45, 2.75) is 19.5 Å². The molecule has 0 aliphatic heterocycles. The molecule has 0 bridgehead atoms. The largest absolute Gasteiger partial charge is 0.497 e. The Morgan fingerprint density at radius 1 is 1.32 bits per heavy atom. The van der Waals surface area contributed by atoms with Gasteiger partial charge < -0.3 is 24.4 Å². The Hall–Kier alpha value is -2.54. The van der Waals surface area contributed by atoms with E-state index in [9.17, 15) is 4.79 Å². The second-order valence-electron chi connectivity index (χ2n) is 6.23. The molecule has 0 radical (unpaired) electrons. The summed E-state index contributed by atoms with van der Waals surface area (Å²) in [6, 6.07) is 9.58. The Bertz CT molecular complexity index is 699. The second kappa shape index (κ2) is 8.53. The minimum atomic E-state index is -0.157. The number of rotatable bonds is 7. The first-order valence-corrected chi connectivity index (χ1v) is 8.12. The SMILES string of the molecule is COc1cccc([C@H](CNC(=O)N(C)Cc2cc(C)on2)N(C)C)c1. The number of nitrogens with one attached hydrogen (secondary N) is 1. The molecule has 0 saturated carbocycles. The van der Waals surface area contributed by atoms with Crippen molar-refractivity contribution >= 4 is 6.03 Å². The van der Waals surface area contributed by atoms with Crippen molar-refractivity contribution in [1.29, 1.82) is 0 Å². The Morgan fingerprint density at radius 2 is 2.08 bits per heavy atom. The Labute approximate surface area is 148 Å². The number of aryl methyl sites for hydroxylation is 1. The molecule has 0 spiro atoms. The maximum Gasteiger partial charge on any atom is 0.317 e. The van der Waals surface area contributed by atoms with E-state index in [-0.39, 0.29) is 12.1 Å². The highest BCUT2D eigenvalue weighted by atomic mass is 16.5. The first kappa shape index (κ1) is 18.8. The molecule has 0 aliphatic carbocycles. The molecule has 136 valence electrons. The number of methoxy groups -OCH3 is 1. The molecule has 7 heteroatoms. The lowest BCUT2D eigenvalue weighted by atomic mass is 10.1. The number of carbonyl (C=O) groups excluding carboxylic acids is 1. The highest BCUT2D eigenvalue weighted by Gasteiger charge is 2.18. The monoisotopic (exact) mass is 346 g/mol. The van der Waals surface area contributed by atoms with E-state index in [1.807, 2.05) is 51.4 Å². The minimum Gasteiger partial charge on any atom is -0.497 e. The zero-order chi connectivity index (χ0) is 18.4. The van der Waals surface area contributed by atoms with Crippen LogP contribution in [-0.4, -0.2) is 55.8 Å². The fourth-order valence-corrected chi connectivity index (χ4v) is 2.57. The maximum atomic E-state index is 12.3. The van der Waals surface area contributed by atoms with Gasteiger partial charge >= 0.3 is 6.03 Å². The average Bonchev–Trinajstić information content (AvgIpc) is 2.99. The molecule has 1 aromatic heterocycles. The van der Waals surface area contributed by atoms with Crippen LogP contribution in [0.2, 0.25) is 0 Å². The smallest absolute Gasteiger partial charge is 0.317 e. The molecule has 2 aromatic rings. The third kappa shape index (κ3) is 5.22. The van der Waals surface area contributed by atoms with Gasteiger partial charge in [0, 0.05) is 19.7 Å². The molecule has 2 rings (SSSR count). The zero-order valence-corrected chi connectivity index (χ0v) is 15.4. The van der Waals surface area contributed by atoms with Crippen molar-refractivity contribution in [3.05, 3.63) is 47.3 Å². The Balaban J connectivity index is 1.96. The van der Waals surface area contributed by atoms with E-state index in [4.69, 9.17) is 9.26 Å². The first-order chi connectivity index (χ1) is 11.9. The lowest BCUT2D eigenvalue weighted by Gasteiger charge is -2.26. The van der Waals surface area contributed by atoms with Gasteiger partial charge in [0.2, 0.25) is 0 Å². The summed E-state index contributed by atoms with van der Waals surface area (Å²) in [7, 11) is 7.35. The molecule has 1 aromatic carbocycles. The first-order valence-electron chi connectivity index (χ1n) is 8.12. The summed E-state index contributed by atoms with van der Waals surface area (Å²) in [6.07, 6.45) is 0. The van der Waals surface area contributed by atoms with E-state index in [0.29, 0.717) is 13.1 Å². The molecule has 2 amide bonds. The summed E-state index contributed by atoms with van der Waals surface area (Å²) in [5.41, 5.74) is 1.81. The number of benzene rings is 1. The van der Waals surface area contributed by atoms with Crippen LogP contribution >= 0.6 is 0 Å². The van der Waals surface area contributed by atoms with Gasteiger partial charge in [-0.15, -0.1) is 0 Å². The molecule has 0 aliphatic rings. The molecule has 1 heterocycles. The van der Waals surface area contributed by atoms with Crippen LogP contribution in [0.3, 0.4) is 0 Å². The van der Waals surface area contributed by atoms with Crippen molar-refractivity contribution in [2.75, 3.05) is 34.8 Å². The molecule has 1 atom stereocenters. The third-order valence-corrected chi connectivity index (χ3v) is 3.97. The van der Waals surface area contributed by atoms with Crippen LogP contribution in [0.15, 0.2) is 34.9 Å². The van der Waals surface area contributed by atoms with Gasteiger partial charge in [-0.1, -0.05) is 17.3 Å². The fraction of sp³-hybridized carbons (Fsp3) is 0.444. The van der Waals surface area contributed by atoms with Gasteiger partial charge in [-0.3, -0.25) is 0 Å². The lowest BCUT2D eigenvalue weighted by molar-refractivity contribution is 0.199. The maximum absolute atomic E-state index is 12.3. The van der Waals surface area contributed by atoms with Crippen molar-refractivity contribution in [3.63, 3.8) is 0 Å². The number of ether oxygens (including phenoxy) is 1. The van der Waals surface area contributed by atoms with Crippen LogP contribution in [0.5, 0.6) is 5.75 Å². The van der Waals surface area contributed by atoms with Crippen molar-refractivity contribution in [3.8, 4) is 5.75 Å². The predicted molar refractivity (Wildman–Crippen MR) is 95.5 cm³/mol. The van der Waals surface area contributed by atoms with Gasteiger partial charge in [0.25, 0.3) is 0 Å². The van der Waals surface area contributed by atoms with Gasteiger partial charge in [0.15, 0.2) is 0 Å². The van der Waals surface area contributed by atoms with Gasteiger partial charge in [0.1, 0.15) is 17.2 Å². The van der Waals surface area contributed by atoms with E-state index in [1.54, 1.807) is 19.1 Å². The van der Waals surface area contributed by atoms with E-state index in [2.05, 4.69) is 15.4 Å². The van der Waals surface area contributed by atoms with Crippen LogP contribution in [0.1, 0.15) is 23.1 Å². The highest BCUT2D eigenvalue weighted by Crippen LogP contribution is 2.22. The Kier molecular flexibility index (Phi) is 6.41. The summed E-state index contributed by atoms with van der Waals surface area (Å²) < 4.78 is 10.3. The molecule has 25 heavy (non-hydrogen) atoms. The normalized spacial score (nSPS) is 12.1. The second-order valence-corrected chi connectivity index (χ2v) is 6.23. The molecular weight excluding hydrogens is 320 g/mol. The van der Waals surface area contributed by atoms with Crippen molar-refractivity contribution in [1.82, 2.24) is 20.3 Å². The fourth-order valence-electron chi connectivity index (χ4n) is 2.57. The Morgan fingerprint density at radius 3 is 2.68 bits per heavy atom. The molecule has 0 saturated heterocycles. The van der Waals surface area contributed by atoms with Gasteiger partial charge in [0.05, 0.1) is 19.7 Å². The average molecular weight is 346 g/mol. The van der Waals surface area contributed by atoms with E-state index in [0.717, 1.165) is 22.8 Å². The number of carbonyl (C=O) groups is 1. The van der Waals surface area contributed by atoms with E-state index >= 15 is 0 Å². The molecule has 7 nitrogen and oxygen atoms in total. The van der Waals surface area contributed by atoms with Gasteiger partial charge in [-0.05, 0) is 38.7 Å². The quantitative estimate of drug-likeness (QED) is 0.834. The van der Waals surface area contributed by atoms with Gasteiger partial charge in [-0.2, -0.15) is 0 Å². The number of aromatic nitrogens is 1. The lowest BCUT2D eigenvalue weighted by Crippen LogP contribution is -2.41. The van der Waals surface area contributed by atoms with Gasteiger partial charge in [-0.25, -0.2) is 4.79 Å². The third-order valence-electron chi connectivity index (χ3n) is 3.97. The molecular formula is C18H26N4O3. The summed E-state index contributed by atoms with van der Waals surface area (Å²) >= 11 is 0. The van der Waals surface area contributed by atoms with Crippen LogP contribution in [-0.2, 0) is 6.54 Å². The summed E-state index contributed by atoms with van der Waals surface area (Å²) in [5, 5.41) is 6.88. The van der Waals surface area contributed by atoms with Crippen molar-refractivity contribution < 1.29 is 14.1 Å². The number of likely N-dealkylation sites (N-methyl/N-ethyl adjacent to an activating group) is 1. The van der Waals surface area contributed by atoms with Crippen LogP contribution in [0, 0.1) is 6.92 Å². The minimum absolute atomic E-state index is 0.0433. The number of hydrogen-bond acceptors (Lipinski definition) is 5. The summed E-state index contributed by atoms with van der Waals surface area (Å²) in [6.45, 7) is 2.71. The summed E-state index contributed by atoms with van der Waals surface area (Å²) in [4.78, 5) is 16.0. The van der Waals surface area contributed by atoms with E-state index in [1.165, 1.54) is 0 Å². The highest BCUT2D eigenvalue weighted by molar-refractivity contribution is 5.73. The molecule has 1 N–H and O–H groups in total. The molecule has 0 fully saturated rings. The summed E-state index contributed by atoms with van der Waals surface area (Å²) in [5.74, 6) is 1.53. The van der Waals surface area contributed by atoms with Crippen LogP contribution in [0.25, 0.3) is 0 Å². The number of amides is 2.